The summed E-state index contributed by atoms with van der Waals surface area (Å²) in [7, 11) is 0. The first kappa shape index (κ1) is 10.3. The minimum atomic E-state index is -0.136. The van der Waals surface area contributed by atoms with Crippen molar-refractivity contribution in [2.24, 2.45) is 0 Å². The van der Waals surface area contributed by atoms with E-state index in [1.807, 2.05) is 12.1 Å². The van der Waals surface area contributed by atoms with Crippen LogP contribution in [0.4, 0.5) is 4.39 Å². The van der Waals surface area contributed by atoms with Crippen LogP contribution in [0.5, 0.6) is 0 Å². The standard InChI is InChI=1S/C14H18FN/c1-14(11-4-6-12(15)7-5-11)9-8-13-3-2-10-16(13)14/h4-7,13H,2-3,8-10H2,1H3. The lowest BCUT2D eigenvalue weighted by molar-refractivity contribution is 0.151. The van der Waals surface area contributed by atoms with Gasteiger partial charge in [0, 0.05) is 11.6 Å². The van der Waals surface area contributed by atoms with Gasteiger partial charge in [0.1, 0.15) is 5.82 Å². The average Bonchev–Trinajstić information content (AvgIpc) is 2.85. The summed E-state index contributed by atoms with van der Waals surface area (Å²) in [6, 6.07) is 7.86. The highest BCUT2D eigenvalue weighted by molar-refractivity contribution is 5.26. The second kappa shape index (κ2) is 3.56. The lowest BCUT2D eigenvalue weighted by Crippen LogP contribution is -2.39. The Morgan fingerprint density at radius 2 is 2.00 bits per heavy atom. The summed E-state index contributed by atoms with van der Waals surface area (Å²) in [5.74, 6) is -0.136. The molecule has 86 valence electrons. The number of benzene rings is 1. The SMILES string of the molecule is CC1(c2ccc(F)cc2)CCC2CCCN21. The number of rotatable bonds is 1. The van der Waals surface area contributed by atoms with E-state index in [-0.39, 0.29) is 11.4 Å². The average molecular weight is 219 g/mol. The van der Waals surface area contributed by atoms with Gasteiger partial charge in [0.2, 0.25) is 0 Å². The molecule has 2 aliphatic rings. The van der Waals surface area contributed by atoms with E-state index in [2.05, 4.69) is 11.8 Å². The van der Waals surface area contributed by atoms with Gasteiger partial charge in [0.15, 0.2) is 0 Å². The van der Waals surface area contributed by atoms with Gasteiger partial charge in [-0.3, -0.25) is 4.90 Å². The van der Waals surface area contributed by atoms with E-state index in [1.54, 1.807) is 12.1 Å². The molecular weight excluding hydrogens is 201 g/mol. The highest BCUT2D eigenvalue weighted by Crippen LogP contribution is 2.45. The van der Waals surface area contributed by atoms with Gasteiger partial charge in [-0.15, -0.1) is 0 Å². The van der Waals surface area contributed by atoms with Gasteiger partial charge in [-0.05, 0) is 56.8 Å². The molecule has 0 amide bonds. The molecular formula is C14H18FN. The summed E-state index contributed by atoms with van der Waals surface area (Å²) in [5.41, 5.74) is 1.42. The van der Waals surface area contributed by atoms with E-state index in [4.69, 9.17) is 0 Å². The van der Waals surface area contributed by atoms with Gasteiger partial charge in [-0.25, -0.2) is 4.39 Å². The Labute approximate surface area is 96.3 Å². The first-order valence-electron chi connectivity index (χ1n) is 6.23. The van der Waals surface area contributed by atoms with E-state index in [9.17, 15) is 4.39 Å². The lowest BCUT2D eigenvalue weighted by atomic mass is 9.89. The van der Waals surface area contributed by atoms with Crippen LogP contribution in [0.3, 0.4) is 0 Å². The molecule has 2 unspecified atom stereocenters. The number of halogens is 1. The van der Waals surface area contributed by atoms with Crippen LogP contribution in [0.1, 0.15) is 38.2 Å². The molecule has 2 heterocycles. The van der Waals surface area contributed by atoms with Gasteiger partial charge < -0.3 is 0 Å². The molecule has 2 atom stereocenters. The molecule has 0 radical (unpaired) electrons. The van der Waals surface area contributed by atoms with Crippen LogP contribution in [-0.2, 0) is 5.54 Å². The first-order valence-corrected chi connectivity index (χ1v) is 6.23. The zero-order chi connectivity index (χ0) is 11.2. The number of nitrogens with zero attached hydrogens (tertiary/aromatic N) is 1. The van der Waals surface area contributed by atoms with Crippen LogP contribution in [0.15, 0.2) is 24.3 Å². The van der Waals surface area contributed by atoms with Crippen molar-refractivity contribution in [3.8, 4) is 0 Å². The van der Waals surface area contributed by atoms with Crippen molar-refractivity contribution in [3.05, 3.63) is 35.6 Å². The summed E-state index contributed by atoms with van der Waals surface area (Å²) in [4.78, 5) is 2.63. The third kappa shape index (κ3) is 1.40. The summed E-state index contributed by atoms with van der Waals surface area (Å²) in [5, 5.41) is 0. The minimum absolute atomic E-state index is 0.136. The van der Waals surface area contributed by atoms with Gasteiger partial charge in [0.05, 0.1) is 0 Å². The molecule has 1 aromatic rings. The second-order valence-corrected chi connectivity index (χ2v) is 5.31. The number of fused-ring (bicyclic) bond motifs is 1. The first-order chi connectivity index (χ1) is 7.70. The Bertz CT molecular complexity index is 386. The van der Waals surface area contributed by atoms with Crippen molar-refractivity contribution >= 4 is 0 Å². The number of hydrogen-bond acceptors (Lipinski definition) is 1. The third-order valence-corrected chi connectivity index (χ3v) is 4.44. The van der Waals surface area contributed by atoms with Crippen LogP contribution in [-0.4, -0.2) is 17.5 Å². The van der Waals surface area contributed by atoms with Crippen LogP contribution in [0.25, 0.3) is 0 Å². The van der Waals surface area contributed by atoms with E-state index in [0.717, 1.165) is 6.04 Å². The van der Waals surface area contributed by atoms with E-state index in [0.29, 0.717) is 0 Å². The Hall–Kier alpha value is -0.890. The highest BCUT2D eigenvalue weighted by atomic mass is 19.1. The molecule has 2 saturated heterocycles. The maximum absolute atomic E-state index is 13.0. The van der Waals surface area contributed by atoms with E-state index >= 15 is 0 Å². The Morgan fingerprint density at radius 1 is 1.25 bits per heavy atom. The smallest absolute Gasteiger partial charge is 0.123 e. The lowest BCUT2D eigenvalue weighted by Gasteiger charge is -2.35. The highest BCUT2D eigenvalue weighted by Gasteiger charge is 2.45. The van der Waals surface area contributed by atoms with Gasteiger partial charge in [-0.2, -0.15) is 0 Å². The van der Waals surface area contributed by atoms with Crippen LogP contribution >= 0.6 is 0 Å². The molecule has 0 saturated carbocycles. The van der Waals surface area contributed by atoms with Crippen molar-refractivity contribution < 1.29 is 4.39 Å². The Balaban J connectivity index is 1.95. The van der Waals surface area contributed by atoms with Crippen LogP contribution < -0.4 is 0 Å². The normalized spacial score (nSPS) is 34.2. The van der Waals surface area contributed by atoms with Crippen molar-refractivity contribution in [2.45, 2.75) is 44.2 Å². The zero-order valence-electron chi connectivity index (χ0n) is 9.75. The van der Waals surface area contributed by atoms with Crippen LogP contribution in [0, 0.1) is 5.82 Å². The summed E-state index contributed by atoms with van der Waals surface area (Å²) >= 11 is 0. The fourth-order valence-electron chi connectivity index (χ4n) is 3.50. The Kier molecular flexibility index (Phi) is 2.28. The van der Waals surface area contributed by atoms with Crippen molar-refractivity contribution in [2.75, 3.05) is 6.54 Å². The molecule has 0 N–H and O–H groups in total. The molecule has 0 spiro atoms. The maximum Gasteiger partial charge on any atom is 0.123 e. The predicted molar refractivity (Wildman–Crippen MR) is 62.7 cm³/mol. The third-order valence-electron chi connectivity index (χ3n) is 4.44. The molecule has 2 fully saturated rings. The van der Waals surface area contributed by atoms with Crippen LogP contribution in [0.2, 0.25) is 0 Å². The minimum Gasteiger partial charge on any atom is -0.291 e. The molecule has 0 aliphatic carbocycles. The topological polar surface area (TPSA) is 3.24 Å². The van der Waals surface area contributed by atoms with Crippen molar-refractivity contribution in [1.82, 2.24) is 4.90 Å². The monoisotopic (exact) mass is 219 g/mol. The summed E-state index contributed by atoms with van der Waals surface area (Å²) < 4.78 is 13.0. The molecule has 16 heavy (non-hydrogen) atoms. The quantitative estimate of drug-likeness (QED) is 0.700. The van der Waals surface area contributed by atoms with Gasteiger partial charge >= 0.3 is 0 Å². The zero-order valence-corrected chi connectivity index (χ0v) is 9.75. The molecule has 0 bridgehead atoms. The van der Waals surface area contributed by atoms with Gasteiger partial charge in [0.25, 0.3) is 0 Å². The fourth-order valence-corrected chi connectivity index (χ4v) is 3.50. The molecule has 3 rings (SSSR count). The fraction of sp³-hybridized carbons (Fsp3) is 0.571. The molecule has 1 nitrogen and oxygen atoms in total. The van der Waals surface area contributed by atoms with E-state index in [1.165, 1.54) is 37.8 Å². The maximum atomic E-state index is 13.0. The molecule has 2 aliphatic heterocycles. The molecule has 1 aromatic carbocycles. The Morgan fingerprint density at radius 3 is 2.75 bits per heavy atom. The van der Waals surface area contributed by atoms with Crippen molar-refractivity contribution in [1.29, 1.82) is 0 Å². The van der Waals surface area contributed by atoms with Gasteiger partial charge in [-0.1, -0.05) is 12.1 Å². The largest absolute Gasteiger partial charge is 0.291 e. The summed E-state index contributed by atoms with van der Waals surface area (Å²) in [6.07, 6.45) is 5.18. The molecule has 2 heteroatoms. The predicted octanol–water partition coefficient (Wildman–Crippen LogP) is 3.30. The number of hydrogen-bond donors (Lipinski definition) is 0. The van der Waals surface area contributed by atoms with E-state index < -0.39 is 0 Å². The molecule has 0 aromatic heterocycles. The summed E-state index contributed by atoms with van der Waals surface area (Å²) in [6.45, 7) is 3.52. The van der Waals surface area contributed by atoms with Crippen molar-refractivity contribution in [3.63, 3.8) is 0 Å². The second-order valence-electron chi connectivity index (χ2n) is 5.31.